The van der Waals surface area contributed by atoms with Gasteiger partial charge in [-0.25, -0.2) is 0 Å². The molecule has 178 valence electrons. The molecule has 1 N–H and O–H groups in total. The smallest absolute Gasteiger partial charge is 0.416 e. The minimum Gasteiger partial charge on any atom is -0.507 e. The SMILES string of the molecule is Cc1cccc(C2/C(=C(/O)c3ccc4c(c3)CCO4)C(=O)C(=O)N2c2cccc(C(F)(F)F)c2)c1. The summed E-state index contributed by atoms with van der Waals surface area (Å²) in [6.07, 6.45) is -3.99. The molecule has 2 heterocycles. The van der Waals surface area contributed by atoms with E-state index in [2.05, 4.69) is 0 Å². The van der Waals surface area contributed by atoms with Gasteiger partial charge in [0.2, 0.25) is 0 Å². The number of rotatable bonds is 3. The first kappa shape index (κ1) is 22.7. The van der Waals surface area contributed by atoms with Crippen molar-refractivity contribution in [1.29, 1.82) is 0 Å². The van der Waals surface area contributed by atoms with Crippen molar-refractivity contribution in [2.75, 3.05) is 11.5 Å². The van der Waals surface area contributed by atoms with Crippen LogP contribution in [-0.2, 0) is 22.2 Å². The molecule has 0 saturated carbocycles. The van der Waals surface area contributed by atoms with Crippen LogP contribution in [-0.4, -0.2) is 23.4 Å². The molecular weight excluding hydrogens is 459 g/mol. The van der Waals surface area contributed by atoms with E-state index >= 15 is 0 Å². The average Bonchev–Trinajstić information content (AvgIpc) is 3.40. The van der Waals surface area contributed by atoms with Gasteiger partial charge in [0.1, 0.15) is 11.5 Å². The molecule has 0 aromatic heterocycles. The highest BCUT2D eigenvalue weighted by atomic mass is 19.4. The maximum atomic E-state index is 13.4. The zero-order chi connectivity index (χ0) is 24.9. The van der Waals surface area contributed by atoms with Crippen LogP contribution in [0.1, 0.15) is 33.9 Å². The number of nitrogens with zero attached hydrogens (tertiary/aromatic N) is 1. The van der Waals surface area contributed by atoms with Crippen molar-refractivity contribution >= 4 is 23.1 Å². The molecule has 2 aliphatic rings. The van der Waals surface area contributed by atoms with Crippen molar-refractivity contribution in [3.05, 3.63) is 100 Å². The van der Waals surface area contributed by atoms with Gasteiger partial charge < -0.3 is 9.84 Å². The van der Waals surface area contributed by atoms with Crippen LogP contribution in [0.25, 0.3) is 5.76 Å². The Morgan fingerprint density at radius 1 is 1.03 bits per heavy atom. The summed E-state index contributed by atoms with van der Waals surface area (Å²) in [7, 11) is 0. The average molecular weight is 479 g/mol. The van der Waals surface area contributed by atoms with Crippen molar-refractivity contribution in [3.8, 4) is 5.75 Å². The summed E-state index contributed by atoms with van der Waals surface area (Å²) < 4.78 is 45.7. The third-order valence-electron chi connectivity index (χ3n) is 6.22. The van der Waals surface area contributed by atoms with Crippen LogP contribution in [0.15, 0.2) is 72.3 Å². The van der Waals surface area contributed by atoms with E-state index in [1.165, 1.54) is 12.1 Å². The number of alkyl halides is 3. The summed E-state index contributed by atoms with van der Waals surface area (Å²) in [5.41, 5.74) is 1.28. The van der Waals surface area contributed by atoms with Gasteiger partial charge in [0, 0.05) is 17.7 Å². The van der Waals surface area contributed by atoms with Gasteiger partial charge in [-0.05, 0) is 54.4 Å². The number of aryl methyl sites for hydroxylation is 1. The highest BCUT2D eigenvalue weighted by Crippen LogP contribution is 2.44. The fourth-order valence-corrected chi connectivity index (χ4v) is 4.58. The topological polar surface area (TPSA) is 66.8 Å². The first-order chi connectivity index (χ1) is 16.6. The van der Waals surface area contributed by atoms with E-state index in [1.807, 2.05) is 13.0 Å². The van der Waals surface area contributed by atoms with E-state index in [1.54, 1.807) is 36.4 Å². The van der Waals surface area contributed by atoms with Crippen LogP contribution in [0.3, 0.4) is 0 Å². The van der Waals surface area contributed by atoms with Crippen LogP contribution in [0.5, 0.6) is 5.75 Å². The number of ketones is 1. The largest absolute Gasteiger partial charge is 0.507 e. The summed E-state index contributed by atoms with van der Waals surface area (Å²) in [6, 6.07) is 15.1. The maximum absolute atomic E-state index is 13.4. The molecule has 1 unspecified atom stereocenters. The summed E-state index contributed by atoms with van der Waals surface area (Å²) in [6.45, 7) is 2.32. The molecular formula is C27H20F3NO4. The lowest BCUT2D eigenvalue weighted by atomic mass is 9.93. The number of ether oxygens (including phenoxy) is 1. The van der Waals surface area contributed by atoms with Gasteiger partial charge in [0.25, 0.3) is 11.7 Å². The zero-order valence-electron chi connectivity index (χ0n) is 18.6. The van der Waals surface area contributed by atoms with Crippen molar-refractivity contribution in [1.82, 2.24) is 0 Å². The number of anilines is 1. The Balaban J connectivity index is 1.71. The molecule has 0 spiro atoms. The molecule has 0 bridgehead atoms. The number of carbonyl (C=O) groups is 2. The normalized spacial score (nSPS) is 19.1. The zero-order valence-corrected chi connectivity index (χ0v) is 18.6. The van der Waals surface area contributed by atoms with Gasteiger partial charge in [0.05, 0.1) is 23.8 Å². The van der Waals surface area contributed by atoms with Crippen molar-refractivity contribution in [3.63, 3.8) is 0 Å². The van der Waals surface area contributed by atoms with Gasteiger partial charge in [0.15, 0.2) is 0 Å². The number of aliphatic hydroxyl groups excluding tert-OH is 1. The summed E-state index contributed by atoms with van der Waals surface area (Å²) in [5, 5.41) is 11.2. The molecule has 1 amide bonds. The Morgan fingerprint density at radius 3 is 2.54 bits per heavy atom. The van der Waals surface area contributed by atoms with Crippen LogP contribution in [0, 0.1) is 6.92 Å². The second-order valence-corrected chi connectivity index (χ2v) is 8.55. The predicted molar refractivity (Wildman–Crippen MR) is 123 cm³/mol. The molecule has 2 aliphatic heterocycles. The summed E-state index contributed by atoms with van der Waals surface area (Å²) in [4.78, 5) is 27.5. The van der Waals surface area contributed by atoms with E-state index < -0.39 is 29.5 Å². The molecule has 0 radical (unpaired) electrons. The Kier molecular flexibility index (Phi) is 5.39. The molecule has 5 rings (SSSR count). The van der Waals surface area contributed by atoms with E-state index in [9.17, 15) is 27.9 Å². The van der Waals surface area contributed by atoms with Crippen LogP contribution < -0.4 is 9.64 Å². The Bertz CT molecular complexity index is 1390. The Morgan fingerprint density at radius 2 is 1.80 bits per heavy atom. The molecule has 3 aromatic carbocycles. The fraction of sp³-hybridized carbons (Fsp3) is 0.185. The molecule has 0 aliphatic carbocycles. The van der Waals surface area contributed by atoms with Gasteiger partial charge in [-0.1, -0.05) is 35.9 Å². The minimum absolute atomic E-state index is 0.0881. The highest BCUT2D eigenvalue weighted by Gasteiger charge is 2.47. The quantitative estimate of drug-likeness (QED) is 0.303. The van der Waals surface area contributed by atoms with E-state index in [-0.39, 0.29) is 17.0 Å². The molecule has 35 heavy (non-hydrogen) atoms. The first-order valence-corrected chi connectivity index (χ1v) is 11.0. The lowest BCUT2D eigenvalue weighted by molar-refractivity contribution is -0.137. The number of hydrogen-bond acceptors (Lipinski definition) is 4. The third kappa shape index (κ3) is 3.95. The third-order valence-corrected chi connectivity index (χ3v) is 6.22. The summed E-state index contributed by atoms with van der Waals surface area (Å²) in [5.74, 6) is -1.69. The monoisotopic (exact) mass is 479 g/mol. The number of halogens is 3. The maximum Gasteiger partial charge on any atom is 0.416 e. The standard InChI is InChI=1S/C27H20F3NO4/c1-15-4-2-5-17(12-15)23-22(24(32)18-8-9-21-16(13-18)10-11-35-21)25(33)26(34)31(23)20-7-3-6-19(14-20)27(28,29)30/h2-9,12-14,23,32H,10-11H2,1H3/b24-22-. The number of Topliss-reactive ketones (excluding diaryl/α,β-unsaturated/α-hetero) is 1. The molecule has 1 saturated heterocycles. The number of benzene rings is 3. The van der Waals surface area contributed by atoms with Gasteiger partial charge >= 0.3 is 6.18 Å². The fourth-order valence-electron chi connectivity index (χ4n) is 4.58. The highest BCUT2D eigenvalue weighted by molar-refractivity contribution is 6.51. The molecule has 1 atom stereocenters. The first-order valence-electron chi connectivity index (χ1n) is 11.0. The van der Waals surface area contributed by atoms with Crippen LogP contribution in [0.2, 0.25) is 0 Å². The number of carbonyl (C=O) groups excluding carboxylic acids is 2. The van der Waals surface area contributed by atoms with Crippen LogP contribution >= 0.6 is 0 Å². The van der Waals surface area contributed by atoms with Gasteiger partial charge in [-0.15, -0.1) is 0 Å². The van der Waals surface area contributed by atoms with E-state index in [4.69, 9.17) is 4.74 Å². The van der Waals surface area contributed by atoms with Gasteiger partial charge in [-0.2, -0.15) is 13.2 Å². The second kappa shape index (κ2) is 8.30. The van der Waals surface area contributed by atoms with Crippen molar-refractivity contribution in [2.24, 2.45) is 0 Å². The lowest BCUT2D eigenvalue weighted by Gasteiger charge is -2.26. The van der Waals surface area contributed by atoms with Crippen molar-refractivity contribution < 1.29 is 32.6 Å². The number of amides is 1. The Hall–Kier alpha value is -4.07. The molecule has 1 fully saturated rings. The van der Waals surface area contributed by atoms with Gasteiger partial charge in [-0.3, -0.25) is 14.5 Å². The Labute approximate surface area is 199 Å². The van der Waals surface area contributed by atoms with E-state index in [0.29, 0.717) is 29.9 Å². The van der Waals surface area contributed by atoms with Crippen molar-refractivity contribution in [2.45, 2.75) is 25.6 Å². The summed E-state index contributed by atoms with van der Waals surface area (Å²) >= 11 is 0. The predicted octanol–water partition coefficient (Wildman–Crippen LogP) is 5.58. The number of aliphatic hydroxyl groups is 1. The van der Waals surface area contributed by atoms with Crippen LogP contribution in [0.4, 0.5) is 18.9 Å². The molecule has 5 nitrogen and oxygen atoms in total. The van der Waals surface area contributed by atoms with E-state index in [0.717, 1.165) is 28.2 Å². The second-order valence-electron chi connectivity index (χ2n) is 8.55. The lowest BCUT2D eigenvalue weighted by Crippen LogP contribution is -2.29. The molecule has 8 heteroatoms. The molecule has 3 aromatic rings. The number of fused-ring (bicyclic) bond motifs is 1. The number of hydrogen-bond donors (Lipinski definition) is 1. The minimum atomic E-state index is -4.63.